The number of fused-ring (bicyclic) bond motifs is 9. The fraction of sp³-hybridized carbons (Fsp3) is 0. The molecule has 0 bridgehead atoms. The molecule has 18 rings (SSSR count). The van der Waals surface area contributed by atoms with Gasteiger partial charge in [-0.1, -0.05) is 249 Å². The Morgan fingerprint density at radius 1 is 0.170 bits per heavy atom. The third-order valence-electron chi connectivity index (χ3n) is 19.1. The number of nitrogens with zero attached hydrogens (tertiary/aromatic N) is 3. The molecule has 18 aromatic rings. The number of hydrogen-bond acceptors (Lipinski definition) is 0. The van der Waals surface area contributed by atoms with Gasteiger partial charge >= 0.3 is 0 Å². The van der Waals surface area contributed by atoms with Crippen molar-refractivity contribution in [1.82, 2.24) is 13.7 Å². The number of para-hydroxylation sites is 4. The molecule has 0 unspecified atom stereocenters. The Hall–Kier alpha value is -12.0. The van der Waals surface area contributed by atoms with Crippen LogP contribution in [0.4, 0.5) is 0 Å². The Bertz CT molecular complexity index is 5680. The maximum Gasteiger partial charge on any atom is 0.0619 e. The molecule has 0 spiro atoms. The zero-order valence-corrected chi connectivity index (χ0v) is 52.3. The Morgan fingerprint density at radius 3 is 1.00 bits per heavy atom. The maximum absolute atomic E-state index is 2.57. The van der Waals surface area contributed by atoms with Crippen LogP contribution in [0.5, 0.6) is 0 Å². The molecule has 0 N–H and O–H groups in total. The van der Waals surface area contributed by atoms with Gasteiger partial charge in [-0.3, -0.25) is 0 Å². The zero-order chi connectivity index (χ0) is 62.1. The van der Waals surface area contributed by atoms with Crippen LogP contribution in [0, 0.1) is 0 Å². The van der Waals surface area contributed by atoms with E-state index in [1.807, 2.05) is 0 Å². The number of benzene rings is 15. The molecular formula is C90H61N3S. The summed E-state index contributed by atoms with van der Waals surface area (Å²) >= 11 is 0. The van der Waals surface area contributed by atoms with Crippen LogP contribution in [-0.2, 0) is 0 Å². The van der Waals surface area contributed by atoms with E-state index < -0.39 is 10.0 Å². The molecule has 0 aliphatic heterocycles. The molecular weight excluding hydrogens is 1160 g/mol. The first-order valence-electron chi connectivity index (χ1n) is 32.3. The number of aromatic nitrogens is 3. The summed E-state index contributed by atoms with van der Waals surface area (Å²) < 4.78 is 7.43. The summed E-state index contributed by atoms with van der Waals surface area (Å²) in [5.41, 5.74) is 22.0. The summed E-state index contributed by atoms with van der Waals surface area (Å²) in [4.78, 5) is 5.01. The highest BCUT2D eigenvalue weighted by molar-refractivity contribution is 8.34. The lowest BCUT2D eigenvalue weighted by Gasteiger charge is -2.43. The van der Waals surface area contributed by atoms with Crippen molar-refractivity contribution in [1.29, 1.82) is 0 Å². The number of hydrogen-bond donors (Lipinski definition) is 0. The van der Waals surface area contributed by atoms with Crippen molar-refractivity contribution in [2.24, 2.45) is 0 Å². The summed E-state index contributed by atoms with van der Waals surface area (Å²) in [6.45, 7) is 0. The lowest BCUT2D eigenvalue weighted by molar-refractivity contribution is 1.16. The summed E-state index contributed by atoms with van der Waals surface area (Å²) in [7, 11) is -2.32. The standard InChI is InChI=1S/C90H61N3S/c1-7-28-62(29-8-1)68-54-69(63-30-9-2-10-31-63)57-74(56-68)94(72-38-15-5-16-39-72,73-40-17-6-18-41-73)75-60-80(64-32-11-3-12-33-64)90(81(61-75)65-34-13-4-14-35-65)93-87-49-26-22-44-78(87)82-58-67(50-52-89(82)93)66-36-27-37-70(55-66)91-86-48-25-21-45-79(86)83-59-71(51-53-88(83)91)92-84-46-23-19-42-76(84)77-43-20-24-47-85(77)92/h1-61H. The Labute approximate surface area is 547 Å². The third-order valence-corrected chi connectivity index (χ3v) is 22.9. The minimum atomic E-state index is -2.32. The summed E-state index contributed by atoms with van der Waals surface area (Å²) in [6.07, 6.45) is 0. The van der Waals surface area contributed by atoms with Crippen LogP contribution < -0.4 is 0 Å². The van der Waals surface area contributed by atoms with Crippen molar-refractivity contribution in [2.45, 2.75) is 19.6 Å². The Morgan fingerprint density at radius 2 is 0.511 bits per heavy atom. The van der Waals surface area contributed by atoms with Crippen LogP contribution in [0.25, 0.3) is 138 Å². The smallest absolute Gasteiger partial charge is 0.0619 e. The van der Waals surface area contributed by atoms with Gasteiger partial charge in [-0.05, 0) is 166 Å². The van der Waals surface area contributed by atoms with Gasteiger partial charge in [0.15, 0.2) is 0 Å². The van der Waals surface area contributed by atoms with Crippen LogP contribution >= 0.6 is 10.0 Å². The highest BCUT2D eigenvalue weighted by Gasteiger charge is 2.36. The molecule has 4 heteroatoms. The Kier molecular flexibility index (Phi) is 13.3. The van der Waals surface area contributed by atoms with E-state index in [1.54, 1.807) is 0 Å². The quantitative estimate of drug-likeness (QED) is 0.116. The highest BCUT2D eigenvalue weighted by atomic mass is 32.3. The van der Waals surface area contributed by atoms with Crippen LogP contribution in [0.15, 0.2) is 390 Å². The van der Waals surface area contributed by atoms with Gasteiger partial charge in [0.25, 0.3) is 0 Å². The van der Waals surface area contributed by atoms with Gasteiger partial charge in [0.05, 0.1) is 38.8 Å². The Balaban J connectivity index is 0.854. The van der Waals surface area contributed by atoms with E-state index in [0.29, 0.717) is 0 Å². The van der Waals surface area contributed by atoms with Gasteiger partial charge in [-0.15, -0.1) is 10.0 Å². The van der Waals surface area contributed by atoms with Gasteiger partial charge in [-0.25, -0.2) is 0 Å². The first-order valence-corrected chi connectivity index (χ1v) is 33.9. The molecule has 0 amide bonds. The largest absolute Gasteiger partial charge is 0.309 e. The summed E-state index contributed by atoms with van der Waals surface area (Å²) in [6, 6.07) is 138. The normalized spacial score (nSPS) is 12.0. The van der Waals surface area contributed by atoms with Crippen LogP contribution in [0.2, 0.25) is 0 Å². The predicted molar refractivity (Wildman–Crippen MR) is 397 cm³/mol. The van der Waals surface area contributed by atoms with Crippen molar-refractivity contribution in [3.8, 4) is 72.7 Å². The van der Waals surface area contributed by atoms with Gasteiger partial charge < -0.3 is 13.7 Å². The average Bonchev–Trinajstić information content (AvgIpc) is 1.11. The second-order valence-electron chi connectivity index (χ2n) is 24.4. The molecule has 0 saturated heterocycles. The van der Waals surface area contributed by atoms with Crippen LogP contribution in [-0.4, -0.2) is 13.7 Å². The van der Waals surface area contributed by atoms with Crippen molar-refractivity contribution in [3.63, 3.8) is 0 Å². The van der Waals surface area contributed by atoms with Gasteiger partial charge in [0.1, 0.15) is 0 Å². The monoisotopic (exact) mass is 1220 g/mol. The highest BCUT2D eigenvalue weighted by Crippen LogP contribution is 2.75. The maximum atomic E-state index is 2.57. The van der Waals surface area contributed by atoms with E-state index in [2.05, 4.69) is 384 Å². The molecule has 3 heterocycles. The van der Waals surface area contributed by atoms with Crippen molar-refractivity contribution in [3.05, 3.63) is 370 Å². The molecule has 0 atom stereocenters. The molecule has 0 aliphatic carbocycles. The second-order valence-corrected chi connectivity index (χ2v) is 27.5. The number of rotatable bonds is 12. The SMILES string of the molecule is c1ccc(-c2cc(-c3ccccc3)cc(S(c3ccccc3)(c3ccccc3)c3cc(-c4ccccc4)c(-n4c5ccccc5c5cc(-c6cccc(-n7c8ccccc8c8cc(-n9c%10ccccc%10c%10ccccc%109)ccc87)c6)ccc54)c(-c4ccccc4)c3)c2)cc1. The van der Waals surface area contributed by atoms with Crippen molar-refractivity contribution in [2.75, 3.05) is 0 Å². The van der Waals surface area contributed by atoms with Crippen molar-refractivity contribution < 1.29 is 0 Å². The fourth-order valence-corrected chi connectivity index (χ4v) is 18.9. The topological polar surface area (TPSA) is 14.8 Å². The summed E-state index contributed by atoms with van der Waals surface area (Å²) in [5, 5.41) is 7.34. The first-order chi connectivity index (χ1) is 46.6. The molecule has 94 heavy (non-hydrogen) atoms. The lowest BCUT2D eigenvalue weighted by atomic mass is 9.95. The van der Waals surface area contributed by atoms with Crippen LogP contribution in [0.1, 0.15) is 0 Å². The van der Waals surface area contributed by atoms with Gasteiger partial charge in [-0.2, -0.15) is 0 Å². The van der Waals surface area contributed by atoms with E-state index in [1.165, 1.54) is 96.2 Å². The first kappa shape index (κ1) is 54.9. The molecule has 3 nitrogen and oxygen atoms in total. The molecule has 0 aliphatic rings. The molecule has 0 saturated carbocycles. The average molecular weight is 1220 g/mol. The van der Waals surface area contributed by atoms with Crippen LogP contribution in [0.3, 0.4) is 0 Å². The molecule has 0 radical (unpaired) electrons. The second kappa shape index (κ2) is 22.8. The molecule has 442 valence electrons. The molecule has 3 aromatic heterocycles. The third kappa shape index (κ3) is 8.98. The van der Waals surface area contributed by atoms with E-state index >= 15 is 0 Å². The predicted octanol–water partition coefficient (Wildman–Crippen LogP) is 24.7. The van der Waals surface area contributed by atoms with E-state index in [0.717, 1.165) is 61.5 Å². The van der Waals surface area contributed by atoms with E-state index in [-0.39, 0.29) is 0 Å². The van der Waals surface area contributed by atoms with Crippen molar-refractivity contribution >= 4 is 75.4 Å². The van der Waals surface area contributed by atoms with E-state index in [4.69, 9.17) is 0 Å². The minimum absolute atomic E-state index is 1.11. The zero-order valence-electron chi connectivity index (χ0n) is 51.5. The minimum Gasteiger partial charge on any atom is -0.309 e. The van der Waals surface area contributed by atoms with E-state index in [9.17, 15) is 0 Å². The summed E-state index contributed by atoms with van der Waals surface area (Å²) in [5.74, 6) is 0. The lowest BCUT2D eigenvalue weighted by Crippen LogP contribution is -2.08. The molecule has 15 aromatic carbocycles. The molecule has 0 fully saturated rings. The fourth-order valence-electron chi connectivity index (χ4n) is 14.9. The van der Waals surface area contributed by atoms with Gasteiger partial charge in [0.2, 0.25) is 0 Å². The van der Waals surface area contributed by atoms with Gasteiger partial charge in [0, 0.05) is 74.4 Å².